The van der Waals surface area contributed by atoms with Crippen LogP contribution in [0.2, 0.25) is 0 Å². The summed E-state index contributed by atoms with van der Waals surface area (Å²) < 4.78 is 28.4. The highest BCUT2D eigenvalue weighted by Gasteiger charge is 2.50. The van der Waals surface area contributed by atoms with E-state index in [9.17, 15) is 13.5 Å². The molecule has 0 spiro atoms. The summed E-state index contributed by atoms with van der Waals surface area (Å²) in [6.45, 7) is 1.88. The summed E-state index contributed by atoms with van der Waals surface area (Å²) in [5.41, 5.74) is 3.10. The van der Waals surface area contributed by atoms with Crippen molar-refractivity contribution in [2.24, 2.45) is 0 Å². The van der Waals surface area contributed by atoms with E-state index in [0.717, 1.165) is 36.1 Å². The Morgan fingerprint density at radius 1 is 0.909 bits per heavy atom. The minimum absolute atomic E-state index is 0.000267. The Morgan fingerprint density at radius 3 is 2.30 bits per heavy atom. The molecule has 5 rings (SSSR count). The van der Waals surface area contributed by atoms with Crippen LogP contribution in [-0.4, -0.2) is 71.0 Å². The third-order valence-electron chi connectivity index (χ3n) is 6.90. The normalized spacial score (nSPS) is 24.3. The topological polar surface area (TPSA) is 86.6 Å². The van der Waals surface area contributed by atoms with Crippen molar-refractivity contribution in [3.05, 3.63) is 78.9 Å². The quantitative estimate of drug-likeness (QED) is 0.625. The molecular weight excluding hydrogens is 436 g/mol. The van der Waals surface area contributed by atoms with Crippen molar-refractivity contribution in [2.75, 3.05) is 26.2 Å². The largest absolute Gasteiger partial charge is 0.395 e. The molecule has 0 amide bonds. The number of sulfonamides is 1. The van der Waals surface area contributed by atoms with Gasteiger partial charge in [0.1, 0.15) is 6.33 Å². The van der Waals surface area contributed by atoms with Crippen LogP contribution < -0.4 is 0 Å². The van der Waals surface area contributed by atoms with Gasteiger partial charge in [-0.3, -0.25) is 4.90 Å². The molecule has 0 unspecified atom stereocenters. The average molecular weight is 465 g/mol. The van der Waals surface area contributed by atoms with Crippen molar-refractivity contribution >= 4 is 10.0 Å². The lowest BCUT2D eigenvalue weighted by atomic mass is 9.74. The molecule has 172 valence electrons. The monoisotopic (exact) mass is 464 g/mol. The SMILES string of the molecule is O=S(=O)(c1ccccc1)N1CCCCN2[C@H](CO)[C@H](c3ccc(-c4cncnc4)cc3)[C@@H]2C1. The van der Waals surface area contributed by atoms with Gasteiger partial charge in [-0.05, 0) is 42.6 Å². The van der Waals surface area contributed by atoms with E-state index in [1.807, 2.05) is 18.2 Å². The van der Waals surface area contributed by atoms with Crippen molar-refractivity contribution in [3.8, 4) is 11.1 Å². The van der Waals surface area contributed by atoms with Gasteiger partial charge in [0, 0.05) is 49.0 Å². The van der Waals surface area contributed by atoms with Crippen LogP contribution in [0.3, 0.4) is 0 Å². The van der Waals surface area contributed by atoms with Gasteiger partial charge in [-0.2, -0.15) is 4.31 Å². The van der Waals surface area contributed by atoms with E-state index in [-0.39, 0.29) is 24.6 Å². The average Bonchev–Trinajstić information content (AvgIpc) is 2.84. The Hall–Kier alpha value is -2.65. The Balaban J connectivity index is 1.42. The van der Waals surface area contributed by atoms with Gasteiger partial charge >= 0.3 is 0 Å². The van der Waals surface area contributed by atoms with Gasteiger partial charge in [0.05, 0.1) is 11.5 Å². The lowest BCUT2D eigenvalue weighted by Gasteiger charge is -2.57. The molecule has 7 nitrogen and oxygen atoms in total. The molecule has 8 heteroatoms. The number of benzene rings is 2. The summed E-state index contributed by atoms with van der Waals surface area (Å²) in [4.78, 5) is 10.8. The predicted molar refractivity (Wildman–Crippen MR) is 126 cm³/mol. The van der Waals surface area contributed by atoms with Gasteiger partial charge in [0.15, 0.2) is 0 Å². The van der Waals surface area contributed by atoms with Crippen LogP contribution in [0.1, 0.15) is 24.3 Å². The van der Waals surface area contributed by atoms with Crippen LogP contribution in [0, 0.1) is 0 Å². The third kappa shape index (κ3) is 4.19. The van der Waals surface area contributed by atoms with Crippen LogP contribution >= 0.6 is 0 Å². The van der Waals surface area contributed by atoms with Crippen molar-refractivity contribution in [1.29, 1.82) is 0 Å². The fourth-order valence-corrected chi connectivity index (χ4v) is 6.73. The van der Waals surface area contributed by atoms with Crippen LogP contribution in [0.15, 0.2) is 78.2 Å². The lowest BCUT2D eigenvalue weighted by molar-refractivity contribution is -0.0553. The van der Waals surface area contributed by atoms with E-state index in [1.54, 1.807) is 41.0 Å². The van der Waals surface area contributed by atoms with Crippen molar-refractivity contribution in [1.82, 2.24) is 19.2 Å². The number of hydrogen-bond donors (Lipinski definition) is 1. The number of fused-ring (bicyclic) bond motifs is 1. The number of rotatable bonds is 5. The zero-order valence-electron chi connectivity index (χ0n) is 18.4. The van der Waals surface area contributed by atoms with Crippen molar-refractivity contribution in [3.63, 3.8) is 0 Å². The molecule has 0 radical (unpaired) electrons. The number of aliphatic hydroxyl groups is 1. The van der Waals surface area contributed by atoms with E-state index in [0.29, 0.717) is 18.0 Å². The molecule has 2 saturated heterocycles. The van der Waals surface area contributed by atoms with Crippen LogP contribution in [0.4, 0.5) is 0 Å². The minimum atomic E-state index is -3.57. The molecular formula is C25H28N4O3S. The van der Waals surface area contributed by atoms with E-state index in [1.165, 1.54) is 6.33 Å². The predicted octanol–water partition coefficient (Wildman–Crippen LogP) is 2.76. The summed E-state index contributed by atoms with van der Waals surface area (Å²) in [5, 5.41) is 10.2. The van der Waals surface area contributed by atoms with Gasteiger partial charge in [-0.15, -0.1) is 0 Å². The van der Waals surface area contributed by atoms with E-state index in [4.69, 9.17) is 0 Å². The summed E-state index contributed by atoms with van der Waals surface area (Å²) in [6, 6.07) is 17.0. The zero-order valence-corrected chi connectivity index (χ0v) is 19.2. The number of aromatic nitrogens is 2. The second-order valence-electron chi connectivity index (χ2n) is 8.71. The first-order chi connectivity index (χ1) is 16.1. The maximum atomic E-state index is 13.4. The first-order valence-corrected chi connectivity index (χ1v) is 12.8. The van der Waals surface area contributed by atoms with Crippen LogP contribution in [-0.2, 0) is 10.0 Å². The smallest absolute Gasteiger partial charge is 0.243 e. The first-order valence-electron chi connectivity index (χ1n) is 11.4. The third-order valence-corrected chi connectivity index (χ3v) is 8.78. The Morgan fingerprint density at radius 2 is 1.61 bits per heavy atom. The van der Waals surface area contributed by atoms with Gasteiger partial charge < -0.3 is 5.11 Å². The molecule has 3 heterocycles. The van der Waals surface area contributed by atoms with Crippen molar-refractivity contribution < 1.29 is 13.5 Å². The van der Waals surface area contributed by atoms with Crippen LogP contribution in [0.5, 0.6) is 0 Å². The fourth-order valence-electron chi connectivity index (χ4n) is 5.21. The Kier molecular flexibility index (Phi) is 6.25. The summed E-state index contributed by atoms with van der Waals surface area (Å²) >= 11 is 0. The maximum absolute atomic E-state index is 13.4. The molecule has 3 aromatic rings. The first kappa shape index (κ1) is 22.2. The zero-order chi connectivity index (χ0) is 22.8. The van der Waals surface area contributed by atoms with E-state index in [2.05, 4.69) is 27.0 Å². The second-order valence-corrected chi connectivity index (χ2v) is 10.7. The van der Waals surface area contributed by atoms with Gasteiger partial charge in [-0.25, -0.2) is 18.4 Å². The molecule has 3 atom stereocenters. The van der Waals surface area contributed by atoms with Crippen LogP contribution in [0.25, 0.3) is 11.1 Å². The molecule has 2 fully saturated rings. The molecule has 2 aliphatic rings. The Bertz CT molecular complexity index is 1170. The lowest BCUT2D eigenvalue weighted by Crippen LogP contribution is -2.67. The molecule has 2 aliphatic heterocycles. The molecule has 33 heavy (non-hydrogen) atoms. The number of hydrogen-bond acceptors (Lipinski definition) is 6. The van der Waals surface area contributed by atoms with Gasteiger partial charge in [0.25, 0.3) is 0 Å². The molecule has 1 N–H and O–H groups in total. The fraction of sp³-hybridized carbons (Fsp3) is 0.360. The molecule has 0 aliphatic carbocycles. The number of aliphatic hydroxyl groups excluding tert-OH is 1. The molecule has 1 aromatic heterocycles. The Labute approximate surface area is 194 Å². The molecule has 0 saturated carbocycles. The summed E-state index contributed by atoms with van der Waals surface area (Å²) in [7, 11) is -3.57. The molecule has 2 aromatic carbocycles. The maximum Gasteiger partial charge on any atom is 0.243 e. The highest BCUT2D eigenvalue weighted by atomic mass is 32.2. The van der Waals surface area contributed by atoms with Crippen molar-refractivity contribution in [2.45, 2.75) is 35.7 Å². The molecule has 0 bridgehead atoms. The van der Waals surface area contributed by atoms with Gasteiger partial charge in [-0.1, -0.05) is 42.5 Å². The summed E-state index contributed by atoms with van der Waals surface area (Å²) in [6.07, 6.45) is 6.80. The second kappa shape index (κ2) is 9.30. The van der Waals surface area contributed by atoms with E-state index < -0.39 is 10.0 Å². The van der Waals surface area contributed by atoms with Gasteiger partial charge in [0.2, 0.25) is 10.0 Å². The highest BCUT2D eigenvalue weighted by Crippen LogP contribution is 2.42. The number of nitrogens with zero attached hydrogens (tertiary/aromatic N) is 4. The minimum Gasteiger partial charge on any atom is -0.395 e. The standard InChI is InChI=1S/C25H28N4O3S/c30-17-24-25(20-10-8-19(9-11-20)21-14-26-18-27-15-21)23-16-28(12-4-5-13-29(23)24)33(31,32)22-6-2-1-3-7-22/h1-3,6-11,14-15,18,23-25,30H,4-5,12-13,16-17H2/t23-,24+,25+/m0/s1. The highest BCUT2D eigenvalue weighted by molar-refractivity contribution is 7.89. The van der Waals surface area contributed by atoms with E-state index >= 15 is 0 Å². The summed E-state index contributed by atoms with van der Waals surface area (Å²) in [5.74, 6) is 0.0719.